The molecular weight excluding hydrogens is 326 g/mol. The van der Waals surface area contributed by atoms with E-state index in [2.05, 4.69) is 0 Å². The first-order valence-corrected chi connectivity index (χ1v) is 7.87. The number of nitrogens with zero attached hydrogens (tertiary/aromatic N) is 1. The third-order valence-corrected chi connectivity index (χ3v) is 4.04. The van der Waals surface area contributed by atoms with Crippen LogP contribution >= 0.6 is 12.2 Å². The molecule has 128 valence electrons. The van der Waals surface area contributed by atoms with Gasteiger partial charge in [-0.2, -0.15) is 5.06 Å². The quantitative estimate of drug-likeness (QED) is 0.638. The maximum absolute atomic E-state index is 10.2. The zero-order valence-corrected chi connectivity index (χ0v) is 14.8. The number of rotatable bonds is 5. The van der Waals surface area contributed by atoms with Gasteiger partial charge in [0.05, 0.1) is 19.4 Å². The summed E-state index contributed by atoms with van der Waals surface area (Å²) >= 11 is 4.96. The molecule has 24 heavy (non-hydrogen) atoms. The van der Waals surface area contributed by atoms with E-state index in [1.807, 2.05) is 32.0 Å². The van der Waals surface area contributed by atoms with Crippen molar-refractivity contribution in [3.05, 3.63) is 58.7 Å². The second-order valence-electron chi connectivity index (χ2n) is 5.41. The second kappa shape index (κ2) is 8.10. The molecule has 0 spiro atoms. The molecule has 0 aliphatic rings. The smallest absolute Gasteiger partial charge is 0.288 e. The molecule has 0 aliphatic heterocycles. The average Bonchev–Trinajstić information content (AvgIpc) is 2.59. The molecule has 0 heterocycles. The Morgan fingerprint density at radius 2 is 1.96 bits per heavy atom. The Labute approximate surface area is 147 Å². The third-order valence-electron chi connectivity index (χ3n) is 3.70. The van der Waals surface area contributed by atoms with Gasteiger partial charge in [-0.25, -0.2) is 0 Å². The van der Waals surface area contributed by atoms with Gasteiger partial charge in [-0.3, -0.25) is 5.21 Å². The van der Waals surface area contributed by atoms with Crippen molar-refractivity contribution in [2.45, 2.75) is 27.1 Å². The van der Waals surface area contributed by atoms with Gasteiger partial charge in [-0.05, 0) is 49.3 Å². The van der Waals surface area contributed by atoms with Gasteiger partial charge < -0.3 is 14.6 Å². The number of benzene rings is 2. The monoisotopic (exact) mass is 347 g/mol. The van der Waals surface area contributed by atoms with E-state index in [9.17, 15) is 10.3 Å². The Morgan fingerprint density at radius 1 is 1.21 bits per heavy atom. The summed E-state index contributed by atoms with van der Waals surface area (Å²) in [5.74, 6) is 0.748. The number of ether oxygens (including phenoxy) is 2. The molecule has 2 aromatic rings. The molecule has 2 aromatic carbocycles. The van der Waals surface area contributed by atoms with E-state index < -0.39 is 0 Å². The van der Waals surface area contributed by atoms with Crippen molar-refractivity contribution < 1.29 is 19.8 Å². The number of thiocarbonyl (C=S) groups is 1. The van der Waals surface area contributed by atoms with Crippen LogP contribution < -0.4 is 9.80 Å². The minimum atomic E-state index is -0.174. The Bertz CT molecular complexity index is 733. The van der Waals surface area contributed by atoms with Crippen molar-refractivity contribution in [2.24, 2.45) is 0 Å². The van der Waals surface area contributed by atoms with Crippen LogP contribution in [-0.4, -0.2) is 22.6 Å². The molecule has 0 radical (unpaired) electrons. The second-order valence-corrected chi connectivity index (χ2v) is 5.76. The van der Waals surface area contributed by atoms with Crippen LogP contribution in [0.4, 0.5) is 5.69 Å². The lowest BCUT2D eigenvalue weighted by Gasteiger charge is -2.21. The number of hydroxylamine groups is 1. The zero-order chi connectivity index (χ0) is 17.7. The van der Waals surface area contributed by atoms with Crippen LogP contribution in [0.1, 0.15) is 22.3 Å². The molecule has 2 rings (SSSR count). The maximum atomic E-state index is 10.2. The van der Waals surface area contributed by atoms with Gasteiger partial charge in [0.25, 0.3) is 5.17 Å². The van der Waals surface area contributed by atoms with Crippen LogP contribution in [0, 0.1) is 13.8 Å². The fourth-order valence-corrected chi connectivity index (χ4v) is 2.53. The summed E-state index contributed by atoms with van der Waals surface area (Å²) in [4.78, 5) is 0. The van der Waals surface area contributed by atoms with Crippen LogP contribution in [0.2, 0.25) is 0 Å². The molecule has 0 atom stereocenters. The molecular formula is C18H21NO4S. The molecule has 2 N–H and O–H groups in total. The third kappa shape index (κ3) is 4.03. The first kappa shape index (κ1) is 18.2. The van der Waals surface area contributed by atoms with Gasteiger partial charge in [0.2, 0.25) is 0 Å². The van der Waals surface area contributed by atoms with E-state index >= 15 is 0 Å². The van der Waals surface area contributed by atoms with Crippen LogP contribution in [0.15, 0.2) is 36.4 Å². The number of aliphatic hydroxyl groups excluding tert-OH is 1. The molecule has 0 fully saturated rings. The molecule has 5 nitrogen and oxygen atoms in total. The van der Waals surface area contributed by atoms with E-state index in [0.29, 0.717) is 16.8 Å². The van der Waals surface area contributed by atoms with Gasteiger partial charge >= 0.3 is 0 Å². The first-order valence-electron chi connectivity index (χ1n) is 7.46. The van der Waals surface area contributed by atoms with E-state index in [4.69, 9.17) is 21.7 Å². The summed E-state index contributed by atoms with van der Waals surface area (Å²) in [7, 11) is 1.38. The van der Waals surface area contributed by atoms with E-state index in [1.54, 1.807) is 18.2 Å². The standard InChI is InChI=1S/C18H21NO4S/c1-12-7-8-17(13(2)9-12)23-11-15-14(10-20)5-4-6-16(15)19(21)18(24)22-3/h4-9,20-21H,10-11H2,1-3H3. The van der Waals surface area contributed by atoms with Gasteiger partial charge in [0.15, 0.2) is 0 Å². The minimum Gasteiger partial charge on any atom is -0.489 e. The van der Waals surface area contributed by atoms with E-state index in [0.717, 1.165) is 21.9 Å². The number of aryl methyl sites for hydroxylation is 2. The summed E-state index contributed by atoms with van der Waals surface area (Å²) in [6.45, 7) is 4.00. The lowest BCUT2D eigenvalue weighted by molar-refractivity contribution is 0.257. The zero-order valence-electron chi connectivity index (χ0n) is 13.9. The fraction of sp³-hybridized carbons (Fsp3) is 0.278. The normalized spacial score (nSPS) is 10.4. The van der Waals surface area contributed by atoms with Gasteiger partial charge in [-0.1, -0.05) is 29.8 Å². The Hall–Kier alpha value is -2.15. The number of methoxy groups -OCH3 is 1. The molecule has 0 saturated carbocycles. The summed E-state index contributed by atoms with van der Waals surface area (Å²) in [5.41, 5.74) is 3.88. The SMILES string of the molecule is COC(=S)N(O)c1cccc(CO)c1COc1ccc(C)cc1C. The molecule has 6 heteroatoms. The lowest BCUT2D eigenvalue weighted by Crippen LogP contribution is -2.28. The van der Waals surface area contributed by atoms with Crippen LogP contribution in [0.25, 0.3) is 0 Å². The molecule has 0 saturated heterocycles. The largest absolute Gasteiger partial charge is 0.489 e. The van der Waals surface area contributed by atoms with Gasteiger partial charge in [0.1, 0.15) is 12.4 Å². The topological polar surface area (TPSA) is 62.2 Å². The van der Waals surface area contributed by atoms with Crippen molar-refractivity contribution in [1.82, 2.24) is 0 Å². The number of hydrogen-bond acceptors (Lipinski definition) is 5. The summed E-state index contributed by atoms with van der Waals surface area (Å²) < 4.78 is 10.8. The van der Waals surface area contributed by atoms with Crippen LogP contribution in [0.5, 0.6) is 5.75 Å². The Morgan fingerprint density at radius 3 is 2.58 bits per heavy atom. The van der Waals surface area contributed by atoms with E-state index in [1.165, 1.54) is 7.11 Å². The maximum Gasteiger partial charge on any atom is 0.288 e. The number of hydrogen-bond donors (Lipinski definition) is 2. The number of anilines is 1. The Balaban J connectivity index is 2.32. The highest BCUT2D eigenvalue weighted by atomic mass is 32.1. The van der Waals surface area contributed by atoms with Crippen molar-refractivity contribution >= 4 is 23.1 Å². The molecule has 0 aromatic heterocycles. The molecule has 0 unspecified atom stereocenters. The van der Waals surface area contributed by atoms with Crippen LogP contribution in [0.3, 0.4) is 0 Å². The number of aliphatic hydroxyl groups is 1. The van der Waals surface area contributed by atoms with Gasteiger partial charge in [0, 0.05) is 5.56 Å². The molecule has 0 amide bonds. The van der Waals surface area contributed by atoms with Crippen molar-refractivity contribution in [1.29, 1.82) is 0 Å². The minimum absolute atomic E-state index is 0.0853. The van der Waals surface area contributed by atoms with Crippen molar-refractivity contribution in [3.8, 4) is 5.75 Å². The fourth-order valence-electron chi connectivity index (χ4n) is 2.43. The summed E-state index contributed by atoms with van der Waals surface area (Å²) in [6.07, 6.45) is 0. The molecule has 0 bridgehead atoms. The highest BCUT2D eigenvalue weighted by molar-refractivity contribution is 7.80. The van der Waals surface area contributed by atoms with Crippen molar-refractivity contribution in [3.63, 3.8) is 0 Å². The Kier molecular flexibility index (Phi) is 6.14. The predicted octanol–water partition coefficient (Wildman–Crippen LogP) is 3.50. The van der Waals surface area contributed by atoms with Gasteiger partial charge in [-0.15, -0.1) is 0 Å². The summed E-state index contributed by atoms with van der Waals surface area (Å²) in [5, 5.41) is 20.5. The lowest BCUT2D eigenvalue weighted by atomic mass is 10.1. The van der Waals surface area contributed by atoms with E-state index in [-0.39, 0.29) is 18.4 Å². The first-order chi connectivity index (χ1) is 11.5. The molecule has 0 aliphatic carbocycles. The van der Waals surface area contributed by atoms with Crippen LogP contribution in [-0.2, 0) is 18.0 Å². The summed E-state index contributed by atoms with van der Waals surface area (Å²) in [6, 6.07) is 11.1. The highest BCUT2D eigenvalue weighted by Gasteiger charge is 2.17. The van der Waals surface area contributed by atoms with Crippen molar-refractivity contribution in [2.75, 3.05) is 12.2 Å². The average molecular weight is 347 g/mol. The predicted molar refractivity (Wildman–Crippen MR) is 96.5 cm³/mol. The highest BCUT2D eigenvalue weighted by Crippen LogP contribution is 2.27.